The maximum Gasteiger partial charge on any atom is 0.139 e. The Morgan fingerprint density at radius 2 is 1.90 bits per heavy atom. The molecule has 6 heteroatoms. The van der Waals surface area contributed by atoms with Crippen molar-refractivity contribution < 1.29 is 13.2 Å². The van der Waals surface area contributed by atoms with Gasteiger partial charge in [-0.15, -0.1) is 11.3 Å². The predicted molar refractivity (Wildman–Crippen MR) is 76.7 cm³/mol. The Kier molecular flexibility index (Phi) is 3.99. The number of nitrogens with zero attached hydrogens (tertiary/aromatic N) is 1. The van der Waals surface area contributed by atoms with Gasteiger partial charge in [0, 0.05) is 29.6 Å². The van der Waals surface area contributed by atoms with Gasteiger partial charge in [0.2, 0.25) is 0 Å². The quantitative estimate of drug-likeness (QED) is 0.901. The molecule has 21 heavy (non-hydrogen) atoms. The van der Waals surface area contributed by atoms with Crippen LogP contribution in [0.4, 0.5) is 13.2 Å². The van der Waals surface area contributed by atoms with E-state index >= 15 is 0 Å². The summed E-state index contributed by atoms with van der Waals surface area (Å²) in [4.78, 5) is 5.31. The molecule has 1 aromatic carbocycles. The molecule has 1 aromatic heterocycles. The summed E-state index contributed by atoms with van der Waals surface area (Å²) in [6.07, 6.45) is 3.05. The van der Waals surface area contributed by atoms with E-state index in [1.807, 2.05) is 6.92 Å². The van der Waals surface area contributed by atoms with E-state index in [2.05, 4.69) is 10.3 Å². The fraction of sp³-hybridized carbons (Fsp3) is 0.400. The summed E-state index contributed by atoms with van der Waals surface area (Å²) in [5, 5.41) is 3.65. The average Bonchev–Trinajstić information content (AvgIpc) is 3.16. The number of halogens is 3. The van der Waals surface area contributed by atoms with E-state index in [1.165, 1.54) is 24.2 Å². The van der Waals surface area contributed by atoms with Crippen molar-refractivity contribution in [2.75, 3.05) is 0 Å². The number of benzene rings is 1. The molecular formula is C15H15F3N2S. The highest BCUT2D eigenvalue weighted by molar-refractivity contribution is 7.15. The van der Waals surface area contributed by atoms with Crippen molar-refractivity contribution in [3.8, 4) is 10.6 Å². The Bertz CT molecular complexity index is 642. The van der Waals surface area contributed by atoms with Crippen LogP contribution >= 0.6 is 11.3 Å². The molecule has 0 amide bonds. The minimum atomic E-state index is -0.920. The zero-order valence-electron chi connectivity index (χ0n) is 11.5. The standard InChI is InChI=1S/C15H15F3N2S/c1-2-12-13(7-19-9-3-4-9)21-15(20-12)14-10(17)5-8(16)6-11(14)18/h5-6,9,19H,2-4,7H2,1H3. The molecule has 0 spiro atoms. The van der Waals surface area contributed by atoms with Crippen LogP contribution in [0.1, 0.15) is 30.3 Å². The van der Waals surface area contributed by atoms with Gasteiger partial charge in [-0.3, -0.25) is 0 Å². The Morgan fingerprint density at radius 1 is 1.24 bits per heavy atom. The van der Waals surface area contributed by atoms with E-state index in [1.54, 1.807) is 0 Å². The van der Waals surface area contributed by atoms with E-state index in [0.717, 1.165) is 10.6 Å². The van der Waals surface area contributed by atoms with Crippen molar-refractivity contribution in [2.24, 2.45) is 0 Å². The monoisotopic (exact) mass is 312 g/mol. The SMILES string of the molecule is CCc1nc(-c2c(F)cc(F)cc2F)sc1CNC1CC1. The molecule has 0 bridgehead atoms. The van der Waals surface area contributed by atoms with Gasteiger partial charge in [-0.1, -0.05) is 6.92 Å². The molecule has 3 rings (SSSR count). The van der Waals surface area contributed by atoms with Crippen molar-refractivity contribution in [1.82, 2.24) is 10.3 Å². The van der Waals surface area contributed by atoms with E-state index in [0.29, 0.717) is 31.1 Å². The van der Waals surface area contributed by atoms with Crippen molar-refractivity contribution in [1.29, 1.82) is 0 Å². The summed E-state index contributed by atoms with van der Waals surface area (Å²) < 4.78 is 40.7. The Hall–Kier alpha value is -1.40. The van der Waals surface area contributed by atoms with Gasteiger partial charge >= 0.3 is 0 Å². The minimum Gasteiger partial charge on any atom is -0.309 e. The third kappa shape index (κ3) is 3.11. The highest BCUT2D eigenvalue weighted by Crippen LogP contribution is 2.33. The number of hydrogen-bond acceptors (Lipinski definition) is 3. The van der Waals surface area contributed by atoms with Crippen LogP contribution in [0.15, 0.2) is 12.1 Å². The smallest absolute Gasteiger partial charge is 0.139 e. The van der Waals surface area contributed by atoms with Crippen LogP contribution in [-0.2, 0) is 13.0 Å². The zero-order valence-corrected chi connectivity index (χ0v) is 12.4. The molecule has 0 radical (unpaired) electrons. The van der Waals surface area contributed by atoms with Crippen LogP contribution in [0.25, 0.3) is 10.6 Å². The lowest BCUT2D eigenvalue weighted by Crippen LogP contribution is -2.15. The summed E-state index contributed by atoms with van der Waals surface area (Å²) in [5.41, 5.74) is 0.597. The average molecular weight is 312 g/mol. The Labute approximate surface area is 125 Å². The Morgan fingerprint density at radius 3 is 2.48 bits per heavy atom. The summed E-state index contributed by atoms with van der Waals surface area (Å²) in [6, 6.07) is 1.93. The van der Waals surface area contributed by atoms with Gasteiger partial charge in [0.05, 0.1) is 11.3 Å². The van der Waals surface area contributed by atoms with Gasteiger partial charge in [-0.05, 0) is 19.3 Å². The number of hydrogen-bond donors (Lipinski definition) is 1. The molecule has 0 atom stereocenters. The molecule has 0 saturated heterocycles. The highest BCUT2D eigenvalue weighted by Gasteiger charge is 2.23. The highest BCUT2D eigenvalue weighted by atomic mass is 32.1. The van der Waals surface area contributed by atoms with Gasteiger partial charge in [-0.2, -0.15) is 0 Å². The third-order valence-electron chi connectivity index (χ3n) is 3.46. The van der Waals surface area contributed by atoms with E-state index < -0.39 is 17.5 Å². The maximum absolute atomic E-state index is 13.8. The molecule has 1 fully saturated rings. The largest absolute Gasteiger partial charge is 0.309 e. The molecule has 0 aliphatic heterocycles. The van der Waals surface area contributed by atoms with Crippen molar-refractivity contribution >= 4 is 11.3 Å². The number of aromatic nitrogens is 1. The summed E-state index contributed by atoms with van der Waals surface area (Å²) in [6.45, 7) is 2.62. The number of aryl methyl sites for hydroxylation is 1. The molecular weight excluding hydrogens is 297 g/mol. The lowest BCUT2D eigenvalue weighted by Gasteiger charge is -2.01. The molecule has 1 aliphatic carbocycles. The van der Waals surface area contributed by atoms with Crippen molar-refractivity contribution in [3.05, 3.63) is 40.2 Å². The first-order valence-corrected chi connectivity index (χ1v) is 7.77. The number of rotatable bonds is 5. The summed E-state index contributed by atoms with van der Waals surface area (Å²) >= 11 is 1.27. The van der Waals surface area contributed by atoms with Crippen molar-refractivity contribution in [3.63, 3.8) is 0 Å². The number of nitrogens with one attached hydrogen (secondary N) is 1. The molecule has 2 aromatic rings. The van der Waals surface area contributed by atoms with Crippen molar-refractivity contribution in [2.45, 2.75) is 38.8 Å². The Balaban J connectivity index is 1.94. The fourth-order valence-corrected chi connectivity index (χ4v) is 3.33. The molecule has 2 nitrogen and oxygen atoms in total. The topological polar surface area (TPSA) is 24.9 Å². The van der Waals surface area contributed by atoms with Crippen LogP contribution < -0.4 is 5.32 Å². The lowest BCUT2D eigenvalue weighted by molar-refractivity contribution is 0.548. The first kappa shape index (κ1) is 14.5. The first-order valence-electron chi connectivity index (χ1n) is 6.95. The summed E-state index contributed by atoms with van der Waals surface area (Å²) in [5.74, 6) is -2.74. The van der Waals surface area contributed by atoms with Crippen LogP contribution in [0.5, 0.6) is 0 Å². The maximum atomic E-state index is 13.8. The second-order valence-electron chi connectivity index (χ2n) is 5.14. The molecule has 0 unspecified atom stereocenters. The third-order valence-corrected chi connectivity index (χ3v) is 4.58. The van der Waals surface area contributed by atoms with Crippen LogP contribution in [0.2, 0.25) is 0 Å². The second-order valence-corrected chi connectivity index (χ2v) is 6.23. The summed E-state index contributed by atoms with van der Waals surface area (Å²) in [7, 11) is 0. The second kappa shape index (κ2) is 5.77. The fourth-order valence-electron chi connectivity index (χ4n) is 2.18. The number of thiazole rings is 1. The van der Waals surface area contributed by atoms with E-state index in [4.69, 9.17) is 0 Å². The van der Waals surface area contributed by atoms with Gasteiger partial charge < -0.3 is 5.32 Å². The zero-order chi connectivity index (χ0) is 15.0. The van der Waals surface area contributed by atoms with Gasteiger partial charge in [0.25, 0.3) is 0 Å². The van der Waals surface area contributed by atoms with E-state index in [9.17, 15) is 13.2 Å². The molecule has 1 saturated carbocycles. The van der Waals surface area contributed by atoms with E-state index in [-0.39, 0.29) is 10.6 Å². The minimum absolute atomic E-state index is 0.242. The molecule has 112 valence electrons. The first-order chi connectivity index (χ1) is 10.1. The van der Waals surface area contributed by atoms with Crippen LogP contribution in [0.3, 0.4) is 0 Å². The molecule has 1 aliphatic rings. The predicted octanol–water partition coefficient (Wildman–Crippen LogP) is 4.04. The lowest BCUT2D eigenvalue weighted by atomic mass is 10.2. The van der Waals surface area contributed by atoms with Crippen LogP contribution in [0, 0.1) is 17.5 Å². The van der Waals surface area contributed by atoms with Gasteiger partial charge in [0.1, 0.15) is 22.5 Å². The molecule has 1 heterocycles. The van der Waals surface area contributed by atoms with Crippen LogP contribution in [-0.4, -0.2) is 11.0 Å². The molecule has 1 N–H and O–H groups in total. The normalized spacial score (nSPS) is 14.7. The van der Waals surface area contributed by atoms with Gasteiger partial charge in [-0.25, -0.2) is 18.2 Å². The van der Waals surface area contributed by atoms with Gasteiger partial charge in [0.15, 0.2) is 0 Å².